The summed E-state index contributed by atoms with van der Waals surface area (Å²) < 4.78 is 22.0. The average molecular weight is 266 g/mol. The molecule has 0 aromatic rings. The molecular formula is C15H22O4. The van der Waals surface area contributed by atoms with Crippen molar-refractivity contribution in [2.75, 3.05) is 39.6 Å². The van der Waals surface area contributed by atoms with Gasteiger partial charge in [-0.1, -0.05) is 11.6 Å². The van der Waals surface area contributed by atoms with E-state index in [0.717, 1.165) is 45.6 Å². The Hall–Kier alpha value is -0.420. The molecule has 19 heavy (non-hydrogen) atoms. The molecule has 2 aliphatic carbocycles. The highest BCUT2D eigenvalue weighted by Crippen LogP contribution is 2.48. The Bertz CT molecular complexity index is 359. The van der Waals surface area contributed by atoms with E-state index < -0.39 is 0 Å². The third-order valence-electron chi connectivity index (χ3n) is 4.80. The largest absolute Gasteiger partial charge is 0.378 e. The van der Waals surface area contributed by atoms with Gasteiger partial charge in [-0.2, -0.15) is 0 Å². The lowest BCUT2D eigenvalue weighted by Crippen LogP contribution is -2.27. The van der Waals surface area contributed by atoms with Crippen molar-refractivity contribution in [3.05, 3.63) is 11.6 Å². The van der Waals surface area contributed by atoms with Crippen molar-refractivity contribution in [2.45, 2.75) is 25.0 Å². The first-order valence-electron chi connectivity index (χ1n) is 7.48. The Morgan fingerprint density at radius 3 is 2.37 bits per heavy atom. The quantitative estimate of drug-likeness (QED) is 0.492. The number of epoxide rings is 2. The van der Waals surface area contributed by atoms with Gasteiger partial charge in [-0.3, -0.25) is 0 Å². The number of fused-ring (bicyclic) bond motifs is 2. The standard InChI is InChI=1S/C15H22O4/c1-2-11-3-10(1)14(8-16-4-12-6-18-12)15(11)9-17-5-13-7-19-13/h1,11-15H,2-9H2. The molecule has 0 amide bonds. The van der Waals surface area contributed by atoms with Crippen LogP contribution < -0.4 is 0 Å². The maximum atomic E-state index is 5.83. The fraction of sp³-hybridized carbons (Fsp3) is 0.867. The van der Waals surface area contributed by atoms with Gasteiger partial charge < -0.3 is 18.9 Å². The molecule has 2 bridgehead atoms. The highest BCUT2D eigenvalue weighted by molar-refractivity contribution is 5.22. The summed E-state index contributed by atoms with van der Waals surface area (Å²) in [6.07, 6.45) is 5.68. The van der Waals surface area contributed by atoms with Crippen molar-refractivity contribution < 1.29 is 18.9 Å². The fourth-order valence-electron chi connectivity index (χ4n) is 3.48. The molecule has 2 heterocycles. The van der Waals surface area contributed by atoms with Crippen LogP contribution in [-0.4, -0.2) is 51.8 Å². The summed E-state index contributed by atoms with van der Waals surface area (Å²) in [7, 11) is 0. The highest BCUT2D eigenvalue weighted by Gasteiger charge is 2.43. The van der Waals surface area contributed by atoms with Gasteiger partial charge in [0, 0.05) is 5.92 Å². The van der Waals surface area contributed by atoms with Crippen LogP contribution in [0, 0.1) is 17.8 Å². The van der Waals surface area contributed by atoms with Crippen molar-refractivity contribution in [1.82, 2.24) is 0 Å². The molecule has 0 aromatic carbocycles. The minimum Gasteiger partial charge on any atom is -0.378 e. The van der Waals surface area contributed by atoms with Gasteiger partial charge in [-0.15, -0.1) is 0 Å². The summed E-state index contributed by atoms with van der Waals surface area (Å²) in [5.41, 5.74) is 1.61. The molecule has 5 unspecified atom stereocenters. The zero-order valence-electron chi connectivity index (χ0n) is 11.3. The summed E-state index contributed by atoms with van der Waals surface area (Å²) >= 11 is 0. The number of ether oxygens (including phenoxy) is 4. The molecular weight excluding hydrogens is 244 g/mol. The van der Waals surface area contributed by atoms with Crippen LogP contribution in [0.5, 0.6) is 0 Å². The number of hydrogen-bond acceptors (Lipinski definition) is 4. The molecule has 4 heteroatoms. The Labute approximate surface area is 114 Å². The van der Waals surface area contributed by atoms with E-state index in [-0.39, 0.29) is 0 Å². The Morgan fingerprint density at radius 2 is 1.68 bits per heavy atom. The van der Waals surface area contributed by atoms with Crippen LogP contribution in [-0.2, 0) is 18.9 Å². The smallest absolute Gasteiger partial charge is 0.104 e. The predicted octanol–water partition coefficient (Wildman–Crippen LogP) is 1.40. The van der Waals surface area contributed by atoms with Crippen molar-refractivity contribution >= 4 is 0 Å². The molecule has 0 aromatic heterocycles. The van der Waals surface area contributed by atoms with Crippen molar-refractivity contribution in [3.63, 3.8) is 0 Å². The monoisotopic (exact) mass is 266 g/mol. The van der Waals surface area contributed by atoms with Gasteiger partial charge in [0.25, 0.3) is 0 Å². The minimum atomic E-state index is 0.370. The lowest BCUT2D eigenvalue weighted by Gasteiger charge is -2.27. The first-order chi connectivity index (χ1) is 9.40. The van der Waals surface area contributed by atoms with E-state index in [9.17, 15) is 0 Å². The van der Waals surface area contributed by atoms with E-state index in [0.29, 0.717) is 24.0 Å². The van der Waals surface area contributed by atoms with Crippen LogP contribution in [0.15, 0.2) is 11.6 Å². The van der Waals surface area contributed by atoms with Crippen LogP contribution in [0.3, 0.4) is 0 Å². The second-order valence-corrected chi connectivity index (χ2v) is 6.23. The lowest BCUT2D eigenvalue weighted by atomic mass is 9.84. The van der Waals surface area contributed by atoms with E-state index in [1.165, 1.54) is 12.8 Å². The molecule has 0 radical (unpaired) electrons. The molecule has 4 aliphatic rings. The van der Waals surface area contributed by atoms with E-state index in [4.69, 9.17) is 18.9 Å². The van der Waals surface area contributed by atoms with Crippen LogP contribution in [0.4, 0.5) is 0 Å². The van der Waals surface area contributed by atoms with E-state index in [2.05, 4.69) is 6.08 Å². The summed E-state index contributed by atoms with van der Waals surface area (Å²) in [6.45, 7) is 5.01. The summed E-state index contributed by atoms with van der Waals surface area (Å²) in [5, 5.41) is 0. The molecule has 106 valence electrons. The third-order valence-corrected chi connectivity index (χ3v) is 4.80. The molecule has 2 saturated heterocycles. The van der Waals surface area contributed by atoms with Crippen LogP contribution >= 0.6 is 0 Å². The summed E-state index contributed by atoms with van der Waals surface area (Å²) in [6, 6.07) is 0. The van der Waals surface area contributed by atoms with Gasteiger partial charge >= 0.3 is 0 Å². The normalized spacial score (nSPS) is 42.5. The average Bonchev–Trinajstić information content (AvgIpc) is 3.33. The predicted molar refractivity (Wildman–Crippen MR) is 68.9 cm³/mol. The van der Waals surface area contributed by atoms with Gasteiger partial charge in [0.15, 0.2) is 0 Å². The number of allylic oxidation sites excluding steroid dienone is 1. The second-order valence-electron chi connectivity index (χ2n) is 6.23. The van der Waals surface area contributed by atoms with Crippen LogP contribution in [0.1, 0.15) is 12.8 Å². The zero-order valence-corrected chi connectivity index (χ0v) is 11.3. The minimum absolute atomic E-state index is 0.370. The van der Waals surface area contributed by atoms with E-state index in [1.54, 1.807) is 5.57 Å². The van der Waals surface area contributed by atoms with Gasteiger partial charge in [0.2, 0.25) is 0 Å². The summed E-state index contributed by atoms with van der Waals surface area (Å²) in [4.78, 5) is 0. The molecule has 4 nitrogen and oxygen atoms in total. The van der Waals surface area contributed by atoms with Gasteiger partial charge in [0.1, 0.15) is 12.2 Å². The Morgan fingerprint density at radius 1 is 1.00 bits per heavy atom. The number of rotatable bonds is 8. The SMILES string of the molecule is C1=C2CC(C1)C(COCC1CO1)C2COCC1CO1. The van der Waals surface area contributed by atoms with Crippen LogP contribution in [0.25, 0.3) is 0 Å². The molecule has 0 spiro atoms. The van der Waals surface area contributed by atoms with E-state index >= 15 is 0 Å². The topological polar surface area (TPSA) is 43.5 Å². The second kappa shape index (κ2) is 5.17. The molecule has 4 rings (SSSR count). The van der Waals surface area contributed by atoms with Crippen molar-refractivity contribution in [1.29, 1.82) is 0 Å². The van der Waals surface area contributed by atoms with Gasteiger partial charge in [0.05, 0.1) is 39.6 Å². The third kappa shape index (κ3) is 2.87. The fourth-order valence-corrected chi connectivity index (χ4v) is 3.48. The Balaban J connectivity index is 1.27. The molecule has 5 atom stereocenters. The zero-order chi connectivity index (χ0) is 12.7. The van der Waals surface area contributed by atoms with Gasteiger partial charge in [-0.25, -0.2) is 0 Å². The van der Waals surface area contributed by atoms with Gasteiger partial charge in [-0.05, 0) is 24.7 Å². The molecule has 0 N–H and O–H groups in total. The maximum absolute atomic E-state index is 5.83. The molecule has 1 saturated carbocycles. The highest BCUT2D eigenvalue weighted by atomic mass is 16.6. The molecule has 3 fully saturated rings. The van der Waals surface area contributed by atoms with E-state index in [1.807, 2.05) is 0 Å². The van der Waals surface area contributed by atoms with Crippen molar-refractivity contribution in [3.8, 4) is 0 Å². The molecule has 2 aliphatic heterocycles. The lowest BCUT2D eigenvalue weighted by molar-refractivity contribution is 0.0278. The Kier molecular flexibility index (Phi) is 3.35. The number of hydrogen-bond donors (Lipinski definition) is 0. The first-order valence-corrected chi connectivity index (χ1v) is 7.48. The van der Waals surface area contributed by atoms with Crippen LogP contribution in [0.2, 0.25) is 0 Å². The summed E-state index contributed by atoms with van der Waals surface area (Å²) in [5.74, 6) is 2.03. The van der Waals surface area contributed by atoms with Crippen molar-refractivity contribution in [2.24, 2.45) is 17.8 Å². The maximum Gasteiger partial charge on any atom is 0.104 e. The first kappa shape index (κ1) is 12.3.